The first kappa shape index (κ1) is 12.9. The molecule has 1 N–H and O–H groups in total. The van der Waals surface area contributed by atoms with E-state index in [4.69, 9.17) is 16.3 Å². The van der Waals surface area contributed by atoms with Crippen LogP contribution in [0.15, 0.2) is 6.20 Å². The van der Waals surface area contributed by atoms with E-state index in [0.717, 1.165) is 0 Å². The zero-order valence-corrected chi connectivity index (χ0v) is 10.9. The Morgan fingerprint density at radius 2 is 2.44 bits per heavy atom. The molecule has 6 nitrogen and oxygen atoms in total. The molecule has 7 heteroatoms. The summed E-state index contributed by atoms with van der Waals surface area (Å²) in [6.45, 7) is 2.32. The molecule has 1 aromatic heterocycles. The van der Waals surface area contributed by atoms with Gasteiger partial charge in [0.2, 0.25) is 5.91 Å². The molecule has 1 amide bonds. The van der Waals surface area contributed by atoms with Crippen molar-refractivity contribution in [1.82, 2.24) is 15.1 Å². The fourth-order valence-corrected chi connectivity index (χ4v) is 2.33. The van der Waals surface area contributed by atoms with Gasteiger partial charge in [-0.05, 0) is 6.92 Å². The van der Waals surface area contributed by atoms with Gasteiger partial charge in [0.25, 0.3) is 0 Å². The molecule has 0 bridgehead atoms. The van der Waals surface area contributed by atoms with Crippen LogP contribution in [-0.4, -0.2) is 34.8 Å². The van der Waals surface area contributed by atoms with Crippen LogP contribution in [0, 0.1) is 5.92 Å². The van der Waals surface area contributed by atoms with Crippen molar-refractivity contribution in [3.8, 4) is 0 Å². The number of hydrogen-bond acceptors (Lipinski definition) is 4. The van der Waals surface area contributed by atoms with Gasteiger partial charge in [-0.3, -0.25) is 14.3 Å². The molecule has 1 saturated heterocycles. The molecule has 1 aliphatic rings. The molecule has 0 unspecified atom stereocenters. The maximum absolute atomic E-state index is 11.8. The first-order chi connectivity index (χ1) is 8.56. The smallest absolute Gasteiger partial charge is 0.319 e. The van der Waals surface area contributed by atoms with Gasteiger partial charge in [0.15, 0.2) is 0 Å². The third-order valence-electron chi connectivity index (χ3n) is 3.01. The van der Waals surface area contributed by atoms with E-state index in [1.165, 1.54) is 4.68 Å². The van der Waals surface area contributed by atoms with Gasteiger partial charge in [-0.15, -0.1) is 0 Å². The van der Waals surface area contributed by atoms with E-state index in [2.05, 4.69) is 10.4 Å². The number of nitrogens with one attached hydrogen (secondary N) is 1. The lowest BCUT2D eigenvalue weighted by Crippen LogP contribution is -2.29. The average Bonchev–Trinajstić information content (AvgIpc) is 2.85. The van der Waals surface area contributed by atoms with Crippen molar-refractivity contribution in [2.75, 3.05) is 13.2 Å². The van der Waals surface area contributed by atoms with Crippen LogP contribution >= 0.6 is 11.6 Å². The van der Waals surface area contributed by atoms with Crippen molar-refractivity contribution in [3.63, 3.8) is 0 Å². The van der Waals surface area contributed by atoms with Gasteiger partial charge >= 0.3 is 5.97 Å². The van der Waals surface area contributed by atoms with Gasteiger partial charge in [-0.25, -0.2) is 0 Å². The maximum Gasteiger partial charge on any atom is 0.319 e. The molecular formula is C11H14ClN3O3. The average molecular weight is 272 g/mol. The Morgan fingerprint density at radius 1 is 1.72 bits per heavy atom. The summed E-state index contributed by atoms with van der Waals surface area (Å²) in [5, 5.41) is 7.11. The second kappa shape index (κ2) is 4.97. The van der Waals surface area contributed by atoms with Crippen LogP contribution in [0.5, 0.6) is 0 Å². The maximum atomic E-state index is 11.8. The lowest BCUT2D eigenvalue weighted by Gasteiger charge is -2.14. The van der Waals surface area contributed by atoms with E-state index >= 15 is 0 Å². The SMILES string of the molecule is CCOC(=O)[C@H]1C(=O)NC[C@@H]1c1cnn(C)c1Cl. The molecule has 2 atom stereocenters. The molecule has 0 aliphatic carbocycles. The summed E-state index contributed by atoms with van der Waals surface area (Å²) in [5.41, 5.74) is 0.690. The standard InChI is InChI=1S/C11H14ClN3O3/c1-3-18-11(17)8-6(4-13-10(8)16)7-5-14-15(2)9(7)12/h5-6,8H,3-4H2,1-2H3,(H,13,16)/t6-,8-/m1/s1. The molecule has 2 heterocycles. The van der Waals surface area contributed by atoms with Crippen LogP contribution in [0.3, 0.4) is 0 Å². The first-order valence-corrected chi connectivity index (χ1v) is 6.05. The van der Waals surface area contributed by atoms with Crippen molar-refractivity contribution in [3.05, 3.63) is 16.9 Å². The van der Waals surface area contributed by atoms with Gasteiger partial charge in [0.05, 0.1) is 12.8 Å². The van der Waals surface area contributed by atoms with Crippen molar-refractivity contribution in [1.29, 1.82) is 0 Å². The van der Waals surface area contributed by atoms with Crippen LogP contribution < -0.4 is 5.32 Å². The molecule has 2 rings (SSSR count). The number of amides is 1. The number of ether oxygens (including phenoxy) is 1. The fraction of sp³-hybridized carbons (Fsp3) is 0.545. The summed E-state index contributed by atoms with van der Waals surface area (Å²) in [6, 6.07) is 0. The Labute approximate surface area is 109 Å². The van der Waals surface area contributed by atoms with E-state index in [0.29, 0.717) is 17.3 Å². The minimum Gasteiger partial charge on any atom is -0.465 e. The number of hydrogen-bond donors (Lipinski definition) is 1. The topological polar surface area (TPSA) is 73.2 Å². The molecule has 1 aromatic rings. The lowest BCUT2D eigenvalue weighted by molar-refractivity contribution is -0.151. The molecule has 98 valence electrons. The largest absolute Gasteiger partial charge is 0.465 e. The van der Waals surface area contributed by atoms with E-state index in [1.54, 1.807) is 20.2 Å². The van der Waals surface area contributed by atoms with Crippen LogP contribution in [0.4, 0.5) is 0 Å². The molecule has 0 spiro atoms. The first-order valence-electron chi connectivity index (χ1n) is 5.68. The molecule has 0 aromatic carbocycles. The van der Waals surface area contributed by atoms with Crippen LogP contribution in [0.25, 0.3) is 0 Å². The van der Waals surface area contributed by atoms with Gasteiger partial charge in [0, 0.05) is 25.1 Å². The third-order valence-corrected chi connectivity index (χ3v) is 3.48. The van der Waals surface area contributed by atoms with Crippen LogP contribution in [0.1, 0.15) is 18.4 Å². The summed E-state index contributed by atoms with van der Waals surface area (Å²) < 4.78 is 6.43. The number of aromatic nitrogens is 2. The minimum atomic E-state index is -0.841. The highest BCUT2D eigenvalue weighted by Crippen LogP contribution is 2.33. The molecule has 1 aliphatic heterocycles. The highest BCUT2D eigenvalue weighted by Gasteiger charge is 2.43. The van der Waals surface area contributed by atoms with Crippen LogP contribution in [-0.2, 0) is 21.4 Å². The Kier molecular flexibility index (Phi) is 3.56. The number of aryl methyl sites for hydroxylation is 1. The zero-order valence-electron chi connectivity index (χ0n) is 10.1. The van der Waals surface area contributed by atoms with E-state index in [9.17, 15) is 9.59 Å². The summed E-state index contributed by atoms with van der Waals surface area (Å²) >= 11 is 6.09. The Morgan fingerprint density at radius 3 is 3.00 bits per heavy atom. The minimum absolute atomic E-state index is 0.246. The number of carbonyl (C=O) groups is 2. The molecule has 0 saturated carbocycles. The number of halogens is 1. The normalized spacial score (nSPS) is 22.9. The third kappa shape index (κ3) is 2.08. The Hall–Kier alpha value is -1.56. The molecular weight excluding hydrogens is 258 g/mol. The van der Waals surface area contributed by atoms with E-state index < -0.39 is 11.9 Å². The summed E-state index contributed by atoms with van der Waals surface area (Å²) in [6.07, 6.45) is 1.58. The van der Waals surface area contributed by atoms with Crippen molar-refractivity contribution in [2.45, 2.75) is 12.8 Å². The van der Waals surface area contributed by atoms with E-state index in [1.807, 2.05) is 0 Å². The lowest BCUT2D eigenvalue weighted by atomic mass is 9.90. The monoisotopic (exact) mass is 271 g/mol. The predicted octanol–water partition coefficient (Wildman–Crippen LogP) is 0.466. The van der Waals surface area contributed by atoms with Crippen LogP contribution in [0.2, 0.25) is 5.15 Å². The summed E-state index contributed by atoms with van der Waals surface area (Å²) in [4.78, 5) is 23.5. The molecule has 18 heavy (non-hydrogen) atoms. The van der Waals surface area contributed by atoms with Gasteiger partial charge < -0.3 is 10.1 Å². The highest BCUT2D eigenvalue weighted by atomic mass is 35.5. The second-order valence-corrected chi connectivity index (χ2v) is 4.45. The second-order valence-electron chi connectivity index (χ2n) is 4.10. The summed E-state index contributed by atoms with van der Waals surface area (Å²) in [5.74, 6) is -2.00. The van der Waals surface area contributed by atoms with Gasteiger partial charge in [-0.1, -0.05) is 11.6 Å². The predicted molar refractivity (Wildman–Crippen MR) is 64.1 cm³/mol. The summed E-state index contributed by atoms with van der Waals surface area (Å²) in [7, 11) is 1.70. The van der Waals surface area contributed by atoms with Crippen molar-refractivity contribution < 1.29 is 14.3 Å². The highest BCUT2D eigenvalue weighted by molar-refractivity contribution is 6.30. The number of nitrogens with zero attached hydrogens (tertiary/aromatic N) is 2. The number of esters is 1. The fourth-order valence-electron chi connectivity index (χ4n) is 2.10. The number of carbonyl (C=O) groups excluding carboxylic acids is 2. The number of rotatable bonds is 3. The zero-order chi connectivity index (χ0) is 13.3. The van der Waals surface area contributed by atoms with E-state index in [-0.39, 0.29) is 18.4 Å². The molecule has 0 radical (unpaired) electrons. The quantitative estimate of drug-likeness (QED) is 0.641. The Bertz CT molecular complexity index is 486. The molecule has 1 fully saturated rings. The van der Waals surface area contributed by atoms with Crippen molar-refractivity contribution >= 4 is 23.5 Å². The van der Waals surface area contributed by atoms with Gasteiger partial charge in [0.1, 0.15) is 11.1 Å². The van der Waals surface area contributed by atoms with Gasteiger partial charge in [-0.2, -0.15) is 5.10 Å². The van der Waals surface area contributed by atoms with Crippen molar-refractivity contribution in [2.24, 2.45) is 13.0 Å². The Balaban J connectivity index is 2.29.